The zero-order valence-electron chi connectivity index (χ0n) is 16.6. The van der Waals surface area contributed by atoms with E-state index >= 15 is 0 Å². The van der Waals surface area contributed by atoms with Crippen molar-refractivity contribution in [2.24, 2.45) is 7.05 Å². The molecule has 2 heterocycles. The van der Waals surface area contributed by atoms with Crippen LogP contribution in [0.3, 0.4) is 0 Å². The molecular weight excluding hydrogens is 421 g/mol. The highest BCUT2D eigenvalue weighted by molar-refractivity contribution is 6.31. The molecule has 0 saturated carbocycles. The molecular formula is C21H17ClFN7O. The second kappa shape index (κ2) is 8.49. The topological polar surface area (TPSA) is 90.5 Å². The van der Waals surface area contributed by atoms with Gasteiger partial charge in [0.25, 0.3) is 0 Å². The highest BCUT2D eigenvalue weighted by Crippen LogP contribution is 2.25. The summed E-state index contributed by atoms with van der Waals surface area (Å²) in [6.45, 7) is 1.78. The number of benzene rings is 2. The van der Waals surface area contributed by atoms with Crippen LogP contribution in [0.1, 0.15) is 11.3 Å². The maximum absolute atomic E-state index is 13.2. The van der Waals surface area contributed by atoms with E-state index in [2.05, 4.69) is 25.9 Å². The first-order valence-corrected chi connectivity index (χ1v) is 9.63. The Morgan fingerprint density at radius 1 is 1.19 bits per heavy atom. The number of amides is 1. The quantitative estimate of drug-likeness (QED) is 0.479. The van der Waals surface area contributed by atoms with Crippen LogP contribution in [0.5, 0.6) is 0 Å². The van der Waals surface area contributed by atoms with Crippen molar-refractivity contribution in [1.82, 2.24) is 30.0 Å². The summed E-state index contributed by atoms with van der Waals surface area (Å²) in [6.07, 6.45) is 2.97. The minimum absolute atomic E-state index is 0.324. The highest BCUT2D eigenvalue weighted by atomic mass is 35.5. The third-order valence-electron chi connectivity index (χ3n) is 4.53. The molecule has 2 aromatic heterocycles. The molecule has 0 aliphatic rings. The smallest absolute Gasteiger partial charge is 0.248 e. The van der Waals surface area contributed by atoms with E-state index in [0.29, 0.717) is 33.6 Å². The molecule has 0 unspecified atom stereocenters. The van der Waals surface area contributed by atoms with Crippen molar-refractivity contribution in [3.8, 4) is 17.1 Å². The standard InChI is InChI=1S/C21H17ClFN7O/c1-13-18(20(22)30(26-13)17-8-6-15(23)7-9-17)10-11-19(31)24-16-5-3-4-14(12-16)21-25-27-28-29(21)2/h3-12H,1-2H3,(H,24,31)/b11-10+. The number of nitrogens with one attached hydrogen (secondary N) is 1. The number of aryl methyl sites for hydroxylation is 2. The average molecular weight is 438 g/mol. The van der Waals surface area contributed by atoms with E-state index in [9.17, 15) is 9.18 Å². The fourth-order valence-corrected chi connectivity index (χ4v) is 3.34. The lowest BCUT2D eigenvalue weighted by atomic mass is 10.2. The summed E-state index contributed by atoms with van der Waals surface area (Å²) in [4.78, 5) is 12.4. The molecule has 1 amide bonds. The monoisotopic (exact) mass is 437 g/mol. The van der Waals surface area contributed by atoms with Gasteiger partial charge in [0.1, 0.15) is 11.0 Å². The zero-order chi connectivity index (χ0) is 22.0. The van der Waals surface area contributed by atoms with Gasteiger partial charge < -0.3 is 5.32 Å². The van der Waals surface area contributed by atoms with E-state index in [1.807, 2.05) is 6.07 Å². The van der Waals surface area contributed by atoms with Crippen LogP contribution >= 0.6 is 11.6 Å². The maximum Gasteiger partial charge on any atom is 0.248 e. The molecule has 0 bridgehead atoms. The summed E-state index contributed by atoms with van der Waals surface area (Å²) in [5, 5.41) is 18.9. The number of carbonyl (C=O) groups excluding carboxylic acids is 1. The van der Waals surface area contributed by atoms with Gasteiger partial charge in [0.2, 0.25) is 5.91 Å². The van der Waals surface area contributed by atoms with Crippen molar-refractivity contribution in [1.29, 1.82) is 0 Å². The fraction of sp³-hybridized carbons (Fsp3) is 0.0952. The number of aromatic nitrogens is 6. The molecule has 4 rings (SSSR count). The van der Waals surface area contributed by atoms with Gasteiger partial charge in [-0.2, -0.15) is 5.10 Å². The van der Waals surface area contributed by atoms with Crippen molar-refractivity contribution in [3.63, 3.8) is 0 Å². The first-order valence-electron chi connectivity index (χ1n) is 9.25. The summed E-state index contributed by atoms with van der Waals surface area (Å²) in [6, 6.07) is 13.0. The van der Waals surface area contributed by atoms with Crippen LogP contribution < -0.4 is 5.32 Å². The van der Waals surface area contributed by atoms with Crippen LogP contribution in [0.15, 0.2) is 54.6 Å². The number of hydrogen-bond donors (Lipinski definition) is 1. The summed E-state index contributed by atoms with van der Waals surface area (Å²) in [7, 11) is 1.74. The molecule has 156 valence electrons. The van der Waals surface area contributed by atoms with Gasteiger partial charge in [0.15, 0.2) is 5.82 Å². The lowest BCUT2D eigenvalue weighted by molar-refractivity contribution is -0.111. The molecule has 8 nitrogen and oxygen atoms in total. The third-order valence-corrected chi connectivity index (χ3v) is 4.89. The lowest BCUT2D eigenvalue weighted by Gasteiger charge is -2.05. The SMILES string of the molecule is Cc1nn(-c2ccc(F)cc2)c(Cl)c1/C=C/C(=O)Nc1cccc(-c2nnnn2C)c1. The average Bonchev–Trinajstić information content (AvgIpc) is 3.30. The third kappa shape index (κ3) is 4.36. The van der Waals surface area contributed by atoms with Gasteiger partial charge in [-0.25, -0.2) is 13.8 Å². The summed E-state index contributed by atoms with van der Waals surface area (Å²) >= 11 is 6.44. The van der Waals surface area contributed by atoms with E-state index in [1.54, 1.807) is 55.1 Å². The van der Waals surface area contributed by atoms with Gasteiger partial charge >= 0.3 is 0 Å². The second-order valence-corrected chi connectivity index (χ2v) is 7.07. The molecule has 31 heavy (non-hydrogen) atoms. The van der Waals surface area contributed by atoms with Gasteiger partial charge in [-0.3, -0.25) is 4.79 Å². The predicted molar refractivity (Wildman–Crippen MR) is 115 cm³/mol. The number of halogens is 2. The van der Waals surface area contributed by atoms with Crippen LogP contribution in [-0.4, -0.2) is 35.9 Å². The fourth-order valence-electron chi connectivity index (χ4n) is 3.01. The van der Waals surface area contributed by atoms with Crippen LogP contribution in [-0.2, 0) is 11.8 Å². The molecule has 10 heteroatoms. The van der Waals surface area contributed by atoms with Crippen molar-refractivity contribution in [2.45, 2.75) is 6.92 Å². The molecule has 0 aliphatic carbocycles. The van der Waals surface area contributed by atoms with Crippen LogP contribution in [0, 0.1) is 12.7 Å². The number of carbonyl (C=O) groups is 1. The number of anilines is 1. The molecule has 0 atom stereocenters. The van der Waals surface area contributed by atoms with Crippen molar-refractivity contribution in [3.05, 3.63) is 76.8 Å². The molecule has 4 aromatic rings. The van der Waals surface area contributed by atoms with E-state index in [0.717, 1.165) is 5.56 Å². The Hall–Kier alpha value is -3.85. The summed E-state index contributed by atoms with van der Waals surface area (Å²) in [5.41, 5.74) is 3.22. The minimum atomic E-state index is -0.347. The normalized spacial score (nSPS) is 11.2. The van der Waals surface area contributed by atoms with Gasteiger partial charge in [0, 0.05) is 29.9 Å². The number of hydrogen-bond acceptors (Lipinski definition) is 5. The predicted octanol–water partition coefficient (Wildman–Crippen LogP) is 3.82. The lowest BCUT2D eigenvalue weighted by Crippen LogP contribution is -2.08. The first-order chi connectivity index (χ1) is 14.9. The minimum Gasteiger partial charge on any atom is -0.322 e. The van der Waals surface area contributed by atoms with E-state index in [4.69, 9.17) is 11.6 Å². The molecule has 0 saturated heterocycles. The Morgan fingerprint density at radius 2 is 1.97 bits per heavy atom. The first kappa shape index (κ1) is 20.4. The number of rotatable bonds is 5. The molecule has 0 spiro atoms. The van der Waals surface area contributed by atoms with Crippen molar-refractivity contribution >= 4 is 29.3 Å². The van der Waals surface area contributed by atoms with E-state index in [1.165, 1.54) is 22.9 Å². The largest absolute Gasteiger partial charge is 0.322 e. The maximum atomic E-state index is 13.2. The molecule has 2 aromatic carbocycles. The zero-order valence-corrected chi connectivity index (χ0v) is 17.4. The van der Waals surface area contributed by atoms with Crippen LogP contribution in [0.25, 0.3) is 23.2 Å². The Morgan fingerprint density at radius 3 is 2.68 bits per heavy atom. The number of nitrogens with zero attached hydrogens (tertiary/aromatic N) is 6. The van der Waals surface area contributed by atoms with Crippen LogP contribution in [0.4, 0.5) is 10.1 Å². The van der Waals surface area contributed by atoms with Gasteiger partial charge in [-0.05, 0) is 59.8 Å². The summed E-state index contributed by atoms with van der Waals surface area (Å²) < 4.78 is 16.2. The Kier molecular flexibility index (Phi) is 5.59. The number of tetrazole rings is 1. The molecule has 0 aliphatic heterocycles. The molecule has 0 radical (unpaired) electrons. The van der Waals surface area contributed by atoms with Gasteiger partial charge in [0.05, 0.1) is 11.4 Å². The van der Waals surface area contributed by atoms with Gasteiger partial charge in [-0.15, -0.1) is 5.10 Å². The second-order valence-electron chi connectivity index (χ2n) is 6.71. The van der Waals surface area contributed by atoms with Crippen molar-refractivity contribution < 1.29 is 9.18 Å². The van der Waals surface area contributed by atoms with Crippen molar-refractivity contribution in [2.75, 3.05) is 5.32 Å². The Bertz CT molecular complexity index is 1280. The van der Waals surface area contributed by atoms with Crippen LogP contribution in [0.2, 0.25) is 5.15 Å². The Labute approximate surface area is 182 Å². The van der Waals surface area contributed by atoms with E-state index in [-0.39, 0.29) is 11.7 Å². The molecule has 0 fully saturated rings. The summed E-state index contributed by atoms with van der Waals surface area (Å²) in [5.74, 6) is -0.0967. The van der Waals surface area contributed by atoms with Gasteiger partial charge in [-0.1, -0.05) is 23.7 Å². The molecule has 1 N–H and O–H groups in total. The van der Waals surface area contributed by atoms with E-state index < -0.39 is 0 Å². The Balaban J connectivity index is 1.51. The highest BCUT2D eigenvalue weighted by Gasteiger charge is 2.13.